The smallest absolute Gasteiger partial charge is 0.340 e. The van der Waals surface area contributed by atoms with Gasteiger partial charge in [0, 0.05) is 38.0 Å². The van der Waals surface area contributed by atoms with Crippen molar-refractivity contribution in [3.63, 3.8) is 0 Å². The second-order valence-electron chi connectivity index (χ2n) is 7.77. The number of hydrogen-bond acceptors (Lipinski definition) is 3. The Morgan fingerprint density at radius 3 is 2.36 bits per heavy atom. The first kappa shape index (κ1) is 23.1. The molecule has 168 valence electrons. The molecule has 1 aliphatic rings. The molecule has 5 nitrogen and oxygen atoms in total. The highest BCUT2D eigenvalue weighted by atomic mass is 79.9. The third kappa shape index (κ3) is 4.16. The summed E-state index contributed by atoms with van der Waals surface area (Å²) < 4.78 is 8.11. The van der Waals surface area contributed by atoms with E-state index in [-0.39, 0.29) is 11.5 Å². The molecule has 0 unspecified atom stereocenters. The van der Waals surface area contributed by atoms with E-state index in [9.17, 15) is 9.59 Å². The Morgan fingerprint density at radius 1 is 1.03 bits per heavy atom. The van der Waals surface area contributed by atoms with Crippen LogP contribution in [0.5, 0.6) is 0 Å². The highest BCUT2D eigenvalue weighted by Crippen LogP contribution is 2.36. The first-order valence-corrected chi connectivity index (χ1v) is 11.5. The van der Waals surface area contributed by atoms with Gasteiger partial charge in [-0.15, -0.1) is 0 Å². The molecule has 0 fully saturated rings. The van der Waals surface area contributed by atoms with Crippen molar-refractivity contribution in [3.8, 4) is 5.69 Å². The zero-order valence-corrected chi connectivity index (χ0v) is 21.0. The third-order valence-corrected chi connectivity index (χ3v) is 6.46. The number of benzene rings is 2. The molecular weight excluding hydrogens is 504 g/mol. The molecule has 0 N–H and O–H groups in total. The molecule has 0 saturated heterocycles. The molecule has 1 aromatic heterocycles. The summed E-state index contributed by atoms with van der Waals surface area (Å²) in [5, 5.41) is 0.566. The van der Waals surface area contributed by atoms with Gasteiger partial charge in [-0.25, -0.2) is 4.79 Å². The maximum Gasteiger partial charge on any atom is 0.340 e. The number of carbonyl (C=O) groups is 2. The SMILES string of the molecule is COC(=O)C1=C(C)N(c2ccc(Cl)cc2)C(=O)/C1=C\c1cc(C)n(-c2cccc(Br)c2)c1C. The van der Waals surface area contributed by atoms with Crippen LogP contribution in [0.3, 0.4) is 0 Å². The van der Waals surface area contributed by atoms with E-state index in [1.165, 1.54) is 12.0 Å². The predicted octanol–water partition coefficient (Wildman–Crippen LogP) is 6.39. The molecule has 3 aromatic rings. The second-order valence-corrected chi connectivity index (χ2v) is 9.12. The van der Waals surface area contributed by atoms with Gasteiger partial charge in [-0.2, -0.15) is 0 Å². The number of carbonyl (C=O) groups excluding carboxylic acids is 2. The number of amides is 1. The number of aromatic nitrogens is 1. The van der Waals surface area contributed by atoms with Crippen LogP contribution < -0.4 is 4.90 Å². The Balaban J connectivity index is 1.85. The lowest BCUT2D eigenvalue weighted by Crippen LogP contribution is -2.24. The van der Waals surface area contributed by atoms with Gasteiger partial charge >= 0.3 is 5.97 Å². The lowest BCUT2D eigenvalue weighted by Gasteiger charge is -2.17. The summed E-state index contributed by atoms with van der Waals surface area (Å²) in [5.41, 5.74) is 5.52. The Hall–Kier alpha value is -3.09. The van der Waals surface area contributed by atoms with Gasteiger partial charge in [0.25, 0.3) is 5.91 Å². The number of rotatable bonds is 4. The molecule has 0 atom stereocenters. The van der Waals surface area contributed by atoms with Crippen LogP contribution in [0.1, 0.15) is 23.9 Å². The number of esters is 1. The maximum atomic E-state index is 13.5. The van der Waals surface area contributed by atoms with Crippen molar-refractivity contribution in [1.82, 2.24) is 4.57 Å². The number of nitrogens with zero attached hydrogens (tertiary/aromatic N) is 2. The van der Waals surface area contributed by atoms with Gasteiger partial charge < -0.3 is 9.30 Å². The number of methoxy groups -OCH3 is 1. The molecule has 2 heterocycles. The van der Waals surface area contributed by atoms with Gasteiger partial charge in [-0.05, 0) is 80.9 Å². The van der Waals surface area contributed by atoms with Gasteiger partial charge in [0.15, 0.2) is 0 Å². The van der Waals surface area contributed by atoms with E-state index < -0.39 is 5.97 Å². The summed E-state index contributed by atoms with van der Waals surface area (Å²) in [4.78, 5) is 27.7. The van der Waals surface area contributed by atoms with E-state index in [0.717, 1.165) is 27.1 Å². The van der Waals surface area contributed by atoms with Crippen LogP contribution in [0, 0.1) is 13.8 Å². The second kappa shape index (κ2) is 9.04. The summed E-state index contributed by atoms with van der Waals surface area (Å²) >= 11 is 9.54. The zero-order valence-electron chi connectivity index (χ0n) is 18.6. The van der Waals surface area contributed by atoms with Gasteiger partial charge in [-0.3, -0.25) is 9.69 Å². The fourth-order valence-electron chi connectivity index (χ4n) is 4.18. The largest absolute Gasteiger partial charge is 0.465 e. The molecule has 2 aromatic carbocycles. The minimum atomic E-state index is -0.552. The van der Waals surface area contributed by atoms with Crippen LogP contribution in [0.2, 0.25) is 5.02 Å². The number of ether oxygens (including phenoxy) is 1. The van der Waals surface area contributed by atoms with Gasteiger partial charge in [0.05, 0.1) is 18.3 Å². The standard InChI is InChI=1S/C26H22BrClN2O3/c1-15-12-18(16(2)29(15)22-7-5-6-19(27)14-22)13-23-24(26(32)33-4)17(3)30(25(23)31)21-10-8-20(28)9-11-21/h5-14H,1-4H3/b23-13-. The fraction of sp³-hybridized carbons (Fsp3) is 0.154. The average Bonchev–Trinajstić information content (AvgIpc) is 3.20. The summed E-state index contributed by atoms with van der Waals surface area (Å²) in [6.07, 6.45) is 1.77. The Bertz CT molecular complexity index is 1340. The lowest BCUT2D eigenvalue weighted by atomic mass is 10.0. The molecule has 33 heavy (non-hydrogen) atoms. The van der Waals surface area contributed by atoms with E-state index in [4.69, 9.17) is 16.3 Å². The minimum Gasteiger partial charge on any atom is -0.465 e. The normalized spacial score (nSPS) is 15.0. The van der Waals surface area contributed by atoms with E-state index >= 15 is 0 Å². The molecule has 1 amide bonds. The van der Waals surface area contributed by atoms with Crippen molar-refractivity contribution in [1.29, 1.82) is 0 Å². The van der Waals surface area contributed by atoms with Crippen molar-refractivity contribution >= 4 is 51.2 Å². The summed E-state index contributed by atoms with van der Waals surface area (Å²) in [6, 6.07) is 16.9. The van der Waals surface area contributed by atoms with Crippen LogP contribution in [-0.2, 0) is 14.3 Å². The van der Waals surface area contributed by atoms with Gasteiger partial charge in [0.2, 0.25) is 0 Å². The van der Waals surface area contributed by atoms with E-state index in [1.807, 2.05) is 44.2 Å². The van der Waals surface area contributed by atoms with Crippen molar-refractivity contribution in [2.24, 2.45) is 0 Å². The minimum absolute atomic E-state index is 0.254. The maximum absolute atomic E-state index is 13.5. The molecule has 0 radical (unpaired) electrons. The topological polar surface area (TPSA) is 51.5 Å². The lowest BCUT2D eigenvalue weighted by molar-refractivity contribution is -0.136. The van der Waals surface area contributed by atoms with E-state index in [2.05, 4.69) is 20.5 Å². The third-order valence-electron chi connectivity index (χ3n) is 5.71. The number of aryl methyl sites for hydroxylation is 1. The van der Waals surface area contributed by atoms with Crippen LogP contribution in [0.15, 0.2) is 75.9 Å². The molecule has 1 aliphatic heterocycles. The highest BCUT2D eigenvalue weighted by molar-refractivity contribution is 9.10. The zero-order chi connectivity index (χ0) is 23.9. The quantitative estimate of drug-likeness (QED) is 0.293. The molecule has 7 heteroatoms. The Kier molecular flexibility index (Phi) is 6.32. The first-order valence-electron chi connectivity index (χ1n) is 10.3. The van der Waals surface area contributed by atoms with Crippen molar-refractivity contribution in [2.75, 3.05) is 12.0 Å². The van der Waals surface area contributed by atoms with Crippen molar-refractivity contribution < 1.29 is 14.3 Å². The van der Waals surface area contributed by atoms with Crippen LogP contribution >= 0.6 is 27.5 Å². The van der Waals surface area contributed by atoms with E-state index in [0.29, 0.717) is 22.0 Å². The first-order chi connectivity index (χ1) is 15.7. The fourth-order valence-corrected chi connectivity index (χ4v) is 4.70. The molecular formula is C26H22BrClN2O3. The summed E-state index contributed by atoms with van der Waals surface area (Å²) in [6.45, 7) is 5.74. The number of hydrogen-bond donors (Lipinski definition) is 0. The van der Waals surface area contributed by atoms with E-state index in [1.54, 1.807) is 37.3 Å². The molecule has 4 rings (SSSR count). The van der Waals surface area contributed by atoms with Crippen LogP contribution in [-0.4, -0.2) is 23.6 Å². The number of halogens is 2. The average molecular weight is 526 g/mol. The van der Waals surface area contributed by atoms with Crippen LogP contribution in [0.25, 0.3) is 11.8 Å². The summed E-state index contributed by atoms with van der Waals surface area (Å²) in [7, 11) is 1.31. The predicted molar refractivity (Wildman–Crippen MR) is 135 cm³/mol. The Morgan fingerprint density at radius 2 is 1.73 bits per heavy atom. The molecule has 0 bridgehead atoms. The number of anilines is 1. The van der Waals surface area contributed by atoms with Crippen LogP contribution in [0.4, 0.5) is 5.69 Å². The van der Waals surface area contributed by atoms with Crippen molar-refractivity contribution in [3.05, 3.63) is 97.9 Å². The monoisotopic (exact) mass is 524 g/mol. The number of allylic oxidation sites excluding steroid dienone is 1. The van der Waals surface area contributed by atoms with Crippen molar-refractivity contribution in [2.45, 2.75) is 20.8 Å². The Labute approximate surface area is 206 Å². The van der Waals surface area contributed by atoms with Gasteiger partial charge in [0.1, 0.15) is 0 Å². The molecule has 0 saturated carbocycles. The summed E-state index contributed by atoms with van der Waals surface area (Å²) in [5.74, 6) is -0.841. The molecule has 0 spiro atoms. The highest BCUT2D eigenvalue weighted by Gasteiger charge is 2.38. The van der Waals surface area contributed by atoms with Gasteiger partial charge in [-0.1, -0.05) is 33.6 Å². The molecule has 0 aliphatic carbocycles.